The van der Waals surface area contributed by atoms with Crippen LogP contribution >= 0.6 is 0 Å². The summed E-state index contributed by atoms with van der Waals surface area (Å²) in [7, 11) is 0. The van der Waals surface area contributed by atoms with Crippen molar-refractivity contribution >= 4 is 6.21 Å². The molecule has 1 heteroatoms. The molecule has 0 radical (unpaired) electrons. The van der Waals surface area contributed by atoms with Crippen LogP contribution in [0.2, 0.25) is 0 Å². The zero-order valence-electron chi connectivity index (χ0n) is 6.54. The van der Waals surface area contributed by atoms with Crippen molar-refractivity contribution in [3.05, 3.63) is 23.9 Å². The third-order valence-electron chi connectivity index (χ3n) is 1.88. The maximum absolute atomic E-state index is 4.03. The second-order valence-electron chi connectivity index (χ2n) is 2.73. The number of hydrogen-bond acceptors (Lipinski definition) is 1. The molecule has 0 bridgehead atoms. The first-order chi connectivity index (χ1) is 4.80. The topological polar surface area (TPSA) is 12.4 Å². The summed E-state index contributed by atoms with van der Waals surface area (Å²) in [6, 6.07) is 0. The molecule has 0 N–H and O–H groups in total. The van der Waals surface area contributed by atoms with Crippen LogP contribution in [0.4, 0.5) is 0 Å². The third kappa shape index (κ3) is 1.83. The fourth-order valence-corrected chi connectivity index (χ4v) is 0.886. The zero-order valence-corrected chi connectivity index (χ0v) is 6.54. The van der Waals surface area contributed by atoms with Gasteiger partial charge in [0.2, 0.25) is 0 Å². The monoisotopic (exact) mass is 135 g/mol. The Bertz CT molecular complexity index is 187. The highest BCUT2D eigenvalue weighted by atomic mass is 14.7. The van der Waals surface area contributed by atoms with Gasteiger partial charge in [0.05, 0.1) is 0 Å². The molecule has 0 saturated carbocycles. The molecular formula is C9H13N. The van der Waals surface area contributed by atoms with Crippen LogP contribution in [-0.2, 0) is 0 Å². The van der Waals surface area contributed by atoms with Gasteiger partial charge in [0, 0.05) is 12.4 Å². The summed E-state index contributed by atoms with van der Waals surface area (Å²) in [5.74, 6) is 0.669. The summed E-state index contributed by atoms with van der Waals surface area (Å²) in [6.45, 7) is 4.38. The van der Waals surface area contributed by atoms with Crippen molar-refractivity contribution < 1.29 is 0 Å². The van der Waals surface area contributed by atoms with Crippen LogP contribution in [0.25, 0.3) is 0 Å². The van der Waals surface area contributed by atoms with Crippen LogP contribution < -0.4 is 0 Å². The van der Waals surface area contributed by atoms with E-state index in [-0.39, 0.29) is 0 Å². The molecule has 0 spiro atoms. The van der Waals surface area contributed by atoms with Crippen molar-refractivity contribution in [1.82, 2.24) is 0 Å². The number of nitrogens with zero attached hydrogens (tertiary/aromatic N) is 1. The molecule has 54 valence electrons. The van der Waals surface area contributed by atoms with E-state index in [9.17, 15) is 0 Å². The average molecular weight is 135 g/mol. The van der Waals surface area contributed by atoms with E-state index >= 15 is 0 Å². The predicted molar refractivity (Wildman–Crippen MR) is 45.2 cm³/mol. The fourth-order valence-electron chi connectivity index (χ4n) is 0.886. The third-order valence-corrected chi connectivity index (χ3v) is 1.88. The van der Waals surface area contributed by atoms with Gasteiger partial charge in [0.1, 0.15) is 0 Å². The second kappa shape index (κ2) is 3.35. The van der Waals surface area contributed by atoms with Gasteiger partial charge in [0.25, 0.3) is 0 Å². The first-order valence-corrected chi connectivity index (χ1v) is 3.65. The van der Waals surface area contributed by atoms with Crippen molar-refractivity contribution in [3.63, 3.8) is 0 Å². The van der Waals surface area contributed by atoms with Gasteiger partial charge in [-0.15, -0.1) is 0 Å². The summed E-state index contributed by atoms with van der Waals surface area (Å²) in [5, 5.41) is 0. The Balaban J connectivity index is 2.73. The van der Waals surface area contributed by atoms with Crippen molar-refractivity contribution in [2.45, 2.75) is 20.3 Å². The first-order valence-electron chi connectivity index (χ1n) is 3.65. The molecule has 1 nitrogen and oxygen atoms in total. The van der Waals surface area contributed by atoms with Crippen LogP contribution in [0.1, 0.15) is 20.3 Å². The minimum atomic E-state index is 0.669. The first kappa shape index (κ1) is 7.26. The Hall–Kier alpha value is -0.850. The largest absolute Gasteiger partial charge is 0.265 e. The fraction of sp³-hybridized carbons (Fsp3) is 0.444. The van der Waals surface area contributed by atoms with Gasteiger partial charge in [-0.1, -0.05) is 18.6 Å². The molecule has 0 amide bonds. The normalized spacial score (nSPS) is 25.4. The van der Waals surface area contributed by atoms with E-state index in [0.717, 1.165) is 6.42 Å². The molecule has 1 atom stereocenters. The van der Waals surface area contributed by atoms with Crippen molar-refractivity contribution in [2.75, 3.05) is 0 Å². The lowest BCUT2D eigenvalue weighted by molar-refractivity contribution is 0.694. The molecule has 0 fully saturated rings. The highest BCUT2D eigenvalue weighted by Crippen LogP contribution is 2.14. The van der Waals surface area contributed by atoms with Crippen LogP contribution in [0.5, 0.6) is 0 Å². The zero-order chi connectivity index (χ0) is 7.40. The number of aliphatic imine (C=N–C) groups is 1. The van der Waals surface area contributed by atoms with E-state index in [4.69, 9.17) is 0 Å². The smallest absolute Gasteiger partial charge is 0.0267 e. The summed E-state index contributed by atoms with van der Waals surface area (Å²) in [4.78, 5) is 4.03. The van der Waals surface area contributed by atoms with Gasteiger partial charge >= 0.3 is 0 Å². The minimum absolute atomic E-state index is 0.669. The number of allylic oxidation sites excluding steroid dienone is 3. The van der Waals surface area contributed by atoms with E-state index in [2.05, 4.69) is 31.0 Å². The molecular weight excluding hydrogens is 122 g/mol. The molecule has 1 aliphatic heterocycles. The Labute approximate surface area is 62.2 Å². The predicted octanol–water partition coefficient (Wildman–Crippen LogP) is 2.56. The summed E-state index contributed by atoms with van der Waals surface area (Å²) in [6.07, 6.45) is 9.01. The SMILES string of the molecule is CC1=CC=NC=CCC1C. The van der Waals surface area contributed by atoms with Crippen LogP contribution in [0.3, 0.4) is 0 Å². The highest BCUT2D eigenvalue weighted by molar-refractivity contribution is 5.72. The molecule has 0 aromatic rings. The molecule has 1 aliphatic rings. The lowest BCUT2D eigenvalue weighted by Gasteiger charge is -2.08. The van der Waals surface area contributed by atoms with Crippen molar-refractivity contribution in [2.24, 2.45) is 10.9 Å². The van der Waals surface area contributed by atoms with Crippen molar-refractivity contribution in [1.29, 1.82) is 0 Å². The van der Waals surface area contributed by atoms with Crippen LogP contribution in [-0.4, -0.2) is 6.21 Å². The summed E-state index contributed by atoms with van der Waals surface area (Å²) >= 11 is 0. The van der Waals surface area contributed by atoms with Crippen molar-refractivity contribution in [3.8, 4) is 0 Å². The van der Waals surface area contributed by atoms with Gasteiger partial charge in [-0.2, -0.15) is 0 Å². The number of hydrogen-bond donors (Lipinski definition) is 0. The molecule has 1 heterocycles. The Kier molecular flexibility index (Phi) is 2.43. The average Bonchev–Trinajstić information content (AvgIpc) is 1.92. The Morgan fingerprint density at radius 1 is 1.60 bits per heavy atom. The van der Waals surface area contributed by atoms with Gasteiger partial charge < -0.3 is 0 Å². The van der Waals surface area contributed by atoms with Gasteiger partial charge in [-0.05, 0) is 25.3 Å². The lowest BCUT2D eigenvalue weighted by Crippen LogP contribution is -1.95. The Morgan fingerprint density at radius 2 is 2.40 bits per heavy atom. The lowest BCUT2D eigenvalue weighted by atomic mass is 9.99. The van der Waals surface area contributed by atoms with E-state index in [1.165, 1.54) is 5.57 Å². The molecule has 0 aliphatic carbocycles. The molecule has 0 saturated heterocycles. The molecule has 10 heavy (non-hydrogen) atoms. The van der Waals surface area contributed by atoms with E-state index in [0.29, 0.717) is 5.92 Å². The molecule has 0 aromatic heterocycles. The minimum Gasteiger partial charge on any atom is -0.265 e. The number of rotatable bonds is 0. The maximum Gasteiger partial charge on any atom is 0.0267 e. The van der Waals surface area contributed by atoms with Crippen LogP contribution in [0, 0.1) is 5.92 Å². The van der Waals surface area contributed by atoms with E-state index < -0.39 is 0 Å². The summed E-state index contributed by atoms with van der Waals surface area (Å²) < 4.78 is 0. The summed E-state index contributed by atoms with van der Waals surface area (Å²) in [5.41, 5.74) is 1.41. The molecule has 1 unspecified atom stereocenters. The second-order valence-corrected chi connectivity index (χ2v) is 2.73. The molecule has 0 aromatic carbocycles. The Morgan fingerprint density at radius 3 is 3.20 bits per heavy atom. The highest BCUT2D eigenvalue weighted by Gasteiger charge is 2.00. The van der Waals surface area contributed by atoms with E-state index in [1.54, 1.807) is 0 Å². The standard InChI is InChI=1S/C9H13N/c1-8-4-3-6-10-7-5-9(8)2/h3,5-8H,4H2,1-2H3. The quantitative estimate of drug-likeness (QED) is 0.484. The van der Waals surface area contributed by atoms with Crippen LogP contribution in [0.15, 0.2) is 28.9 Å². The van der Waals surface area contributed by atoms with Gasteiger partial charge in [0.15, 0.2) is 0 Å². The van der Waals surface area contributed by atoms with Gasteiger partial charge in [-0.25, -0.2) is 0 Å². The van der Waals surface area contributed by atoms with Gasteiger partial charge in [-0.3, -0.25) is 4.99 Å². The maximum atomic E-state index is 4.03. The molecule has 1 rings (SSSR count). The van der Waals surface area contributed by atoms with E-state index in [1.807, 2.05) is 12.4 Å².